The van der Waals surface area contributed by atoms with E-state index >= 15 is 0 Å². The molecule has 0 fully saturated rings. The van der Waals surface area contributed by atoms with Gasteiger partial charge in [-0.3, -0.25) is 4.57 Å². The molecular weight excluding hydrogens is 613 g/mol. The molecule has 0 atom stereocenters. The molecule has 5 nitrogen and oxygen atoms in total. The van der Waals surface area contributed by atoms with Crippen molar-refractivity contribution in [3.05, 3.63) is 170 Å². The second-order valence-corrected chi connectivity index (χ2v) is 12.2. The van der Waals surface area contributed by atoms with Crippen LogP contribution in [-0.4, -0.2) is 19.5 Å². The monoisotopic (exact) mass is 644 g/mol. The number of rotatable bonds is 5. The summed E-state index contributed by atoms with van der Waals surface area (Å²) < 4.78 is 43.6. The van der Waals surface area contributed by atoms with E-state index in [0.717, 1.165) is 44.2 Å². The first-order valence-corrected chi connectivity index (χ1v) is 16.4. The van der Waals surface area contributed by atoms with Gasteiger partial charge in [-0.1, -0.05) is 139 Å². The molecule has 3 heterocycles. The Morgan fingerprint density at radius 2 is 1.06 bits per heavy atom. The van der Waals surface area contributed by atoms with E-state index in [-0.39, 0.29) is 35.6 Å². The first-order chi connectivity index (χ1) is 26.4. The Hall–Kier alpha value is -6.85. The standard InChI is InChI=1S/C45H28N4O/c1-3-13-29(14-4-1)33-17-7-8-18-34(33)31-23-25-36-35-19-9-11-21-39(35)49(40(36)27-31)45-47-43(30-15-5-2-6-16-30)46-44(48-45)32-24-26-38-37-20-10-12-22-41(37)50-42(38)28-32/h1-28H/i9D,11D,19D,21D. The lowest BCUT2D eigenvalue weighted by Crippen LogP contribution is -2.06. The summed E-state index contributed by atoms with van der Waals surface area (Å²) in [4.78, 5) is 15.1. The minimum Gasteiger partial charge on any atom is -0.456 e. The highest BCUT2D eigenvalue weighted by Gasteiger charge is 2.19. The SMILES string of the molecule is [2H]c1c([2H])c([2H])c2c(c1[2H])c1ccc(-c3ccccc3-c3ccccc3)cc1n2-c1nc(-c2ccccc2)nc(-c2ccc3c(c2)oc2ccccc23)n1. The highest BCUT2D eigenvalue weighted by atomic mass is 16.3. The number of aromatic nitrogens is 4. The first-order valence-electron chi connectivity index (χ1n) is 18.4. The maximum atomic E-state index is 9.20. The van der Waals surface area contributed by atoms with Gasteiger partial charge in [0.25, 0.3) is 0 Å². The highest BCUT2D eigenvalue weighted by molar-refractivity contribution is 6.10. The summed E-state index contributed by atoms with van der Waals surface area (Å²) in [5.74, 6) is 1.03. The smallest absolute Gasteiger partial charge is 0.238 e. The quantitative estimate of drug-likeness (QED) is 0.187. The molecule has 0 amide bonds. The van der Waals surface area contributed by atoms with Crippen molar-refractivity contribution < 1.29 is 9.90 Å². The molecule has 0 saturated carbocycles. The van der Waals surface area contributed by atoms with Crippen molar-refractivity contribution in [1.82, 2.24) is 19.5 Å². The van der Waals surface area contributed by atoms with Crippen molar-refractivity contribution in [2.45, 2.75) is 0 Å². The lowest BCUT2D eigenvalue weighted by Gasteiger charge is -2.13. The molecule has 0 saturated heterocycles. The van der Waals surface area contributed by atoms with Gasteiger partial charge >= 0.3 is 0 Å². The van der Waals surface area contributed by atoms with Gasteiger partial charge in [-0.15, -0.1) is 0 Å². The Balaban J connectivity index is 1.28. The van der Waals surface area contributed by atoms with E-state index in [1.807, 2.05) is 121 Å². The van der Waals surface area contributed by atoms with Gasteiger partial charge in [-0.25, -0.2) is 4.98 Å². The second-order valence-electron chi connectivity index (χ2n) is 12.2. The Morgan fingerprint density at radius 1 is 0.440 bits per heavy atom. The number of hydrogen-bond donors (Lipinski definition) is 0. The fourth-order valence-electron chi connectivity index (χ4n) is 6.87. The van der Waals surface area contributed by atoms with Crippen molar-refractivity contribution in [2.75, 3.05) is 0 Å². The second kappa shape index (κ2) is 11.4. The summed E-state index contributed by atoms with van der Waals surface area (Å²) in [5.41, 5.74) is 7.93. The minimum atomic E-state index is -0.334. The predicted molar refractivity (Wildman–Crippen MR) is 203 cm³/mol. The molecule has 10 rings (SSSR count). The van der Waals surface area contributed by atoms with Crippen LogP contribution in [0, 0.1) is 0 Å². The molecule has 7 aromatic carbocycles. The van der Waals surface area contributed by atoms with Crippen molar-refractivity contribution in [2.24, 2.45) is 0 Å². The molecule has 0 bridgehead atoms. The molecule has 0 spiro atoms. The largest absolute Gasteiger partial charge is 0.456 e. The maximum Gasteiger partial charge on any atom is 0.238 e. The van der Waals surface area contributed by atoms with Gasteiger partial charge in [0.15, 0.2) is 11.6 Å². The van der Waals surface area contributed by atoms with Gasteiger partial charge in [0, 0.05) is 32.7 Å². The van der Waals surface area contributed by atoms with Crippen LogP contribution in [0.4, 0.5) is 0 Å². The van der Waals surface area contributed by atoms with Crippen LogP contribution in [0.3, 0.4) is 0 Å². The Bertz CT molecular complexity index is 3100. The predicted octanol–water partition coefficient (Wildman–Crippen LogP) is 11.5. The molecule has 5 heteroatoms. The molecule has 0 aliphatic heterocycles. The molecule has 0 unspecified atom stereocenters. The van der Waals surface area contributed by atoms with E-state index in [2.05, 4.69) is 24.3 Å². The number of nitrogens with zero attached hydrogens (tertiary/aromatic N) is 4. The zero-order chi connectivity index (χ0) is 36.5. The van der Waals surface area contributed by atoms with Gasteiger partial charge in [0.05, 0.1) is 16.5 Å². The number of furan rings is 1. The van der Waals surface area contributed by atoms with E-state index < -0.39 is 0 Å². The van der Waals surface area contributed by atoms with Crippen molar-refractivity contribution in [3.63, 3.8) is 0 Å². The van der Waals surface area contributed by atoms with Crippen molar-refractivity contribution >= 4 is 43.7 Å². The third kappa shape index (κ3) is 4.60. The summed E-state index contributed by atoms with van der Waals surface area (Å²) in [7, 11) is 0. The lowest BCUT2D eigenvalue weighted by atomic mass is 9.94. The fourth-order valence-corrected chi connectivity index (χ4v) is 6.87. The van der Waals surface area contributed by atoms with Crippen LogP contribution in [0.25, 0.3) is 94.7 Å². The Morgan fingerprint density at radius 3 is 1.88 bits per heavy atom. The molecule has 0 N–H and O–H groups in total. The Labute approximate surface area is 293 Å². The van der Waals surface area contributed by atoms with Crippen LogP contribution in [-0.2, 0) is 0 Å². The van der Waals surface area contributed by atoms with Gasteiger partial charge < -0.3 is 4.42 Å². The molecule has 50 heavy (non-hydrogen) atoms. The number of hydrogen-bond acceptors (Lipinski definition) is 4. The average molecular weight is 645 g/mol. The molecule has 3 aromatic heterocycles. The van der Waals surface area contributed by atoms with Gasteiger partial charge in [-0.2, -0.15) is 9.97 Å². The van der Waals surface area contributed by atoms with E-state index in [0.29, 0.717) is 39.1 Å². The zero-order valence-corrected chi connectivity index (χ0v) is 26.6. The lowest BCUT2D eigenvalue weighted by molar-refractivity contribution is 0.669. The van der Waals surface area contributed by atoms with Crippen LogP contribution in [0.5, 0.6) is 0 Å². The van der Waals surface area contributed by atoms with Gasteiger partial charge in [0.1, 0.15) is 11.2 Å². The zero-order valence-electron chi connectivity index (χ0n) is 30.6. The minimum absolute atomic E-state index is 0.125. The van der Waals surface area contributed by atoms with Gasteiger partial charge in [-0.05, 0) is 52.6 Å². The molecule has 10 aromatic rings. The fraction of sp³-hybridized carbons (Fsp3) is 0. The molecule has 0 aliphatic carbocycles. The topological polar surface area (TPSA) is 56.7 Å². The normalized spacial score (nSPS) is 12.7. The molecular formula is C45H28N4O. The van der Waals surface area contributed by atoms with Crippen LogP contribution < -0.4 is 0 Å². The van der Waals surface area contributed by atoms with Crippen LogP contribution in [0.15, 0.2) is 174 Å². The number of fused-ring (bicyclic) bond motifs is 6. The summed E-state index contributed by atoms with van der Waals surface area (Å²) in [6, 6.07) is 46.9. The number of benzene rings is 7. The maximum absolute atomic E-state index is 9.20. The first kappa shape index (κ1) is 24.3. The van der Waals surface area contributed by atoms with Crippen molar-refractivity contribution in [1.29, 1.82) is 0 Å². The highest BCUT2D eigenvalue weighted by Crippen LogP contribution is 2.38. The summed E-state index contributed by atoms with van der Waals surface area (Å²) in [5, 5.41) is 3.05. The molecule has 234 valence electrons. The molecule has 0 aliphatic rings. The van der Waals surface area contributed by atoms with E-state index in [4.69, 9.17) is 23.5 Å². The third-order valence-corrected chi connectivity index (χ3v) is 9.21. The van der Waals surface area contributed by atoms with E-state index in [1.54, 1.807) is 4.57 Å². The molecule has 0 radical (unpaired) electrons. The van der Waals surface area contributed by atoms with Gasteiger partial charge in [0.2, 0.25) is 5.95 Å². The van der Waals surface area contributed by atoms with Crippen LogP contribution >= 0.6 is 0 Å². The number of para-hydroxylation sites is 2. The summed E-state index contributed by atoms with van der Waals surface area (Å²) >= 11 is 0. The Kier molecular flexibility index (Phi) is 5.54. The average Bonchev–Trinajstić information content (AvgIpc) is 3.78. The third-order valence-electron chi connectivity index (χ3n) is 9.21. The summed E-state index contributed by atoms with van der Waals surface area (Å²) in [6.07, 6.45) is 0. The van der Waals surface area contributed by atoms with Crippen molar-refractivity contribution in [3.8, 4) is 51.0 Å². The van der Waals surface area contributed by atoms with E-state index in [1.165, 1.54) is 0 Å². The van der Waals surface area contributed by atoms with Crippen LogP contribution in [0.2, 0.25) is 0 Å². The van der Waals surface area contributed by atoms with Crippen LogP contribution in [0.1, 0.15) is 5.48 Å². The van der Waals surface area contributed by atoms with E-state index in [9.17, 15) is 1.37 Å². The summed E-state index contributed by atoms with van der Waals surface area (Å²) in [6.45, 7) is 0.